The second-order valence-electron chi connectivity index (χ2n) is 7.53. The summed E-state index contributed by atoms with van der Waals surface area (Å²) in [5, 5.41) is 8.64. The van der Waals surface area contributed by atoms with Crippen LogP contribution in [0, 0.1) is 13.8 Å². The Balaban J connectivity index is 1.89. The predicted octanol–water partition coefficient (Wildman–Crippen LogP) is 4.65. The maximum Gasteiger partial charge on any atom is 0.123 e. The van der Waals surface area contributed by atoms with Crippen molar-refractivity contribution in [3.05, 3.63) is 46.8 Å². The molecule has 0 bridgehead atoms. The lowest BCUT2D eigenvalue weighted by Crippen LogP contribution is -2.40. The van der Waals surface area contributed by atoms with Crippen molar-refractivity contribution in [2.45, 2.75) is 71.5 Å². The van der Waals surface area contributed by atoms with Crippen molar-refractivity contribution >= 4 is 0 Å². The summed E-state index contributed by atoms with van der Waals surface area (Å²) in [5.41, 5.74) is 5.03. The molecule has 0 atom stereocenters. The zero-order valence-electron chi connectivity index (χ0n) is 16.2. The van der Waals surface area contributed by atoms with Crippen LogP contribution in [0.2, 0.25) is 0 Å². The Kier molecular flexibility index (Phi) is 5.19. The molecule has 0 amide bonds. The molecule has 1 aromatic heterocycles. The Hall–Kier alpha value is -1.81. The van der Waals surface area contributed by atoms with E-state index in [4.69, 9.17) is 9.84 Å². The molecule has 1 fully saturated rings. The van der Waals surface area contributed by atoms with E-state index in [0.29, 0.717) is 6.04 Å². The summed E-state index contributed by atoms with van der Waals surface area (Å²) < 4.78 is 7.80. The second-order valence-corrected chi connectivity index (χ2v) is 7.53. The maximum absolute atomic E-state index is 5.66. The topological polar surface area (TPSA) is 39.1 Å². The minimum absolute atomic E-state index is 0.00537. The Morgan fingerprint density at radius 2 is 1.88 bits per heavy atom. The molecular formula is C21H31N3O. The average Bonchev–Trinajstić information content (AvgIpc) is 3.19. The van der Waals surface area contributed by atoms with Crippen LogP contribution in [0.25, 0.3) is 0 Å². The van der Waals surface area contributed by atoms with Gasteiger partial charge in [-0.05, 0) is 46.6 Å². The molecule has 1 N–H and O–H groups in total. The van der Waals surface area contributed by atoms with Crippen molar-refractivity contribution in [1.82, 2.24) is 15.1 Å². The van der Waals surface area contributed by atoms with Gasteiger partial charge in [-0.25, -0.2) is 0 Å². The summed E-state index contributed by atoms with van der Waals surface area (Å²) >= 11 is 0. The predicted molar refractivity (Wildman–Crippen MR) is 102 cm³/mol. The van der Waals surface area contributed by atoms with Gasteiger partial charge in [0.05, 0.1) is 12.8 Å². The number of hydrogen-bond acceptors (Lipinski definition) is 3. The molecule has 0 unspecified atom stereocenters. The van der Waals surface area contributed by atoms with E-state index in [0.717, 1.165) is 30.8 Å². The van der Waals surface area contributed by atoms with Gasteiger partial charge in [0.15, 0.2) is 0 Å². The number of aryl methyl sites for hydroxylation is 1. The Morgan fingerprint density at radius 1 is 1.20 bits per heavy atom. The molecule has 0 spiro atoms. The fourth-order valence-electron chi connectivity index (χ4n) is 4.27. The summed E-state index contributed by atoms with van der Waals surface area (Å²) in [6.07, 6.45) is 4.83. The number of hydrogen-bond donors (Lipinski definition) is 1. The highest BCUT2D eigenvalue weighted by molar-refractivity contribution is 5.40. The van der Waals surface area contributed by atoms with Crippen LogP contribution >= 0.6 is 0 Å². The van der Waals surface area contributed by atoms with Gasteiger partial charge in [-0.3, -0.25) is 4.68 Å². The van der Waals surface area contributed by atoms with Crippen molar-refractivity contribution in [3.63, 3.8) is 0 Å². The van der Waals surface area contributed by atoms with Crippen LogP contribution in [0.5, 0.6) is 5.75 Å². The quantitative estimate of drug-likeness (QED) is 0.831. The number of methoxy groups -OCH3 is 1. The molecule has 25 heavy (non-hydrogen) atoms. The second kappa shape index (κ2) is 7.20. The Morgan fingerprint density at radius 3 is 2.48 bits per heavy atom. The van der Waals surface area contributed by atoms with Gasteiger partial charge in [-0.15, -0.1) is 0 Å². The summed E-state index contributed by atoms with van der Waals surface area (Å²) in [4.78, 5) is 0. The van der Waals surface area contributed by atoms with Gasteiger partial charge in [0, 0.05) is 34.9 Å². The SMILES string of the molecule is COc1ccccc1C1(NCc2c(C)nn(C(C)C)c2C)CCCC1. The maximum atomic E-state index is 5.66. The fraction of sp³-hybridized carbons (Fsp3) is 0.571. The highest BCUT2D eigenvalue weighted by Crippen LogP contribution is 2.43. The van der Waals surface area contributed by atoms with E-state index >= 15 is 0 Å². The van der Waals surface area contributed by atoms with E-state index in [2.05, 4.69) is 55.9 Å². The standard InChI is InChI=1S/C21H31N3O/c1-15(2)24-17(4)18(16(3)23-24)14-22-21(12-8-9-13-21)19-10-6-7-11-20(19)25-5/h6-7,10-11,15,22H,8-9,12-14H2,1-5H3. The number of benzene rings is 1. The Bertz CT molecular complexity index is 727. The van der Waals surface area contributed by atoms with Crippen molar-refractivity contribution < 1.29 is 4.74 Å². The summed E-state index contributed by atoms with van der Waals surface area (Å²) in [6.45, 7) is 9.52. The van der Waals surface area contributed by atoms with Crippen LogP contribution < -0.4 is 10.1 Å². The third-order valence-corrected chi connectivity index (χ3v) is 5.65. The molecule has 2 aromatic rings. The third kappa shape index (κ3) is 3.32. The van der Waals surface area contributed by atoms with Crippen molar-refractivity contribution in [3.8, 4) is 5.75 Å². The first kappa shape index (κ1) is 18.0. The first-order valence-corrected chi connectivity index (χ1v) is 9.41. The molecule has 1 saturated carbocycles. The van der Waals surface area contributed by atoms with E-state index in [1.165, 1.54) is 29.7 Å². The minimum Gasteiger partial charge on any atom is -0.496 e. The lowest BCUT2D eigenvalue weighted by Gasteiger charge is -2.32. The molecule has 1 aliphatic carbocycles. The molecule has 3 rings (SSSR count). The molecule has 0 radical (unpaired) electrons. The molecule has 0 saturated heterocycles. The van der Waals surface area contributed by atoms with Gasteiger partial charge in [0.25, 0.3) is 0 Å². The number of ether oxygens (including phenoxy) is 1. The highest BCUT2D eigenvalue weighted by Gasteiger charge is 2.37. The van der Waals surface area contributed by atoms with E-state index in [-0.39, 0.29) is 5.54 Å². The molecule has 136 valence electrons. The van der Waals surface area contributed by atoms with Crippen molar-refractivity contribution in [2.24, 2.45) is 0 Å². The van der Waals surface area contributed by atoms with Crippen LogP contribution in [-0.2, 0) is 12.1 Å². The highest BCUT2D eigenvalue weighted by atomic mass is 16.5. The van der Waals surface area contributed by atoms with Gasteiger partial charge in [-0.2, -0.15) is 5.10 Å². The van der Waals surface area contributed by atoms with Crippen molar-refractivity contribution in [1.29, 1.82) is 0 Å². The smallest absolute Gasteiger partial charge is 0.123 e. The Labute approximate surface area is 151 Å². The van der Waals surface area contributed by atoms with Crippen LogP contribution in [-0.4, -0.2) is 16.9 Å². The van der Waals surface area contributed by atoms with Gasteiger partial charge in [0.2, 0.25) is 0 Å². The molecule has 0 aliphatic heterocycles. The zero-order valence-corrected chi connectivity index (χ0v) is 16.2. The van der Waals surface area contributed by atoms with Crippen LogP contribution in [0.4, 0.5) is 0 Å². The van der Waals surface area contributed by atoms with Gasteiger partial charge < -0.3 is 10.1 Å². The summed E-state index contributed by atoms with van der Waals surface area (Å²) in [6, 6.07) is 8.85. The molecule has 4 nitrogen and oxygen atoms in total. The van der Waals surface area contributed by atoms with Crippen LogP contribution in [0.15, 0.2) is 24.3 Å². The molecule has 1 aromatic carbocycles. The zero-order chi connectivity index (χ0) is 18.0. The summed E-state index contributed by atoms with van der Waals surface area (Å²) in [5.74, 6) is 0.989. The van der Waals surface area contributed by atoms with Crippen LogP contribution in [0.1, 0.15) is 68.1 Å². The van der Waals surface area contributed by atoms with E-state index < -0.39 is 0 Å². The number of rotatable bonds is 6. The lowest BCUT2D eigenvalue weighted by molar-refractivity contribution is 0.316. The van der Waals surface area contributed by atoms with E-state index in [9.17, 15) is 0 Å². The number of nitrogens with one attached hydrogen (secondary N) is 1. The molecular weight excluding hydrogens is 310 g/mol. The first-order valence-electron chi connectivity index (χ1n) is 9.41. The molecule has 1 heterocycles. The normalized spacial score (nSPS) is 16.6. The van der Waals surface area contributed by atoms with Gasteiger partial charge in [0.1, 0.15) is 5.75 Å². The average molecular weight is 341 g/mol. The number of para-hydroxylation sites is 1. The van der Waals surface area contributed by atoms with Crippen LogP contribution in [0.3, 0.4) is 0 Å². The largest absolute Gasteiger partial charge is 0.496 e. The number of nitrogens with zero attached hydrogens (tertiary/aromatic N) is 2. The van der Waals surface area contributed by atoms with E-state index in [1.54, 1.807) is 7.11 Å². The van der Waals surface area contributed by atoms with Gasteiger partial charge >= 0.3 is 0 Å². The number of aromatic nitrogens is 2. The monoisotopic (exact) mass is 341 g/mol. The molecule has 1 aliphatic rings. The minimum atomic E-state index is 0.00537. The third-order valence-electron chi connectivity index (χ3n) is 5.65. The van der Waals surface area contributed by atoms with Crippen molar-refractivity contribution in [2.75, 3.05) is 7.11 Å². The molecule has 4 heteroatoms. The van der Waals surface area contributed by atoms with Gasteiger partial charge in [-0.1, -0.05) is 31.0 Å². The van der Waals surface area contributed by atoms with E-state index in [1.807, 2.05) is 6.07 Å². The fourth-order valence-corrected chi connectivity index (χ4v) is 4.27. The summed E-state index contributed by atoms with van der Waals surface area (Å²) in [7, 11) is 1.77. The lowest BCUT2D eigenvalue weighted by atomic mass is 9.87. The first-order chi connectivity index (χ1) is 12.0.